The summed E-state index contributed by atoms with van der Waals surface area (Å²) in [6.45, 7) is 2.31. The van der Waals surface area contributed by atoms with Gasteiger partial charge in [0.15, 0.2) is 0 Å². The Morgan fingerprint density at radius 3 is 2.77 bits per heavy atom. The van der Waals surface area contributed by atoms with Crippen molar-refractivity contribution in [1.29, 1.82) is 0 Å². The Labute approximate surface area is 130 Å². The van der Waals surface area contributed by atoms with Crippen molar-refractivity contribution in [2.75, 3.05) is 25.5 Å². The van der Waals surface area contributed by atoms with Gasteiger partial charge in [0.1, 0.15) is 5.82 Å². The van der Waals surface area contributed by atoms with E-state index in [0.29, 0.717) is 11.7 Å². The molecule has 1 saturated heterocycles. The highest BCUT2D eigenvalue weighted by Crippen LogP contribution is 2.31. The number of anilines is 1. The van der Waals surface area contributed by atoms with Crippen molar-refractivity contribution < 1.29 is 4.79 Å². The molecular weight excluding hydrogens is 276 g/mol. The van der Waals surface area contributed by atoms with E-state index >= 15 is 0 Å². The summed E-state index contributed by atoms with van der Waals surface area (Å²) in [6, 6.07) is 4.17. The number of nitrogens with one attached hydrogen (secondary N) is 2. The molecule has 2 aliphatic rings. The second kappa shape index (κ2) is 5.39. The molecule has 3 heterocycles. The zero-order valence-electron chi connectivity index (χ0n) is 12.9. The Hall–Kier alpha value is -1.88. The molecule has 1 aliphatic carbocycles. The molecule has 0 aromatic carbocycles. The molecule has 0 unspecified atom stereocenters. The number of aromatic amines is 1. The van der Waals surface area contributed by atoms with Crippen molar-refractivity contribution in [3.8, 4) is 0 Å². The predicted molar refractivity (Wildman–Crippen MR) is 86.9 cm³/mol. The molecule has 0 atom stereocenters. The Morgan fingerprint density at radius 1 is 1.27 bits per heavy atom. The quantitative estimate of drug-likeness (QED) is 0.916. The molecule has 2 aromatic rings. The van der Waals surface area contributed by atoms with Gasteiger partial charge in [-0.15, -0.1) is 0 Å². The number of hydrogen-bond acceptors (Lipinski definition) is 3. The first-order chi connectivity index (χ1) is 10.7. The number of piperidine rings is 1. The smallest absolute Gasteiger partial charge is 0.228 e. The lowest BCUT2D eigenvalue weighted by Gasteiger charge is -2.28. The zero-order valence-corrected chi connectivity index (χ0v) is 12.9. The first-order valence-electron chi connectivity index (χ1n) is 8.17. The largest absolute Gasteiger partial charge is 0.358 e. The maximum Gasteiger partial charge on any atom is 0.228 e. The number of carbonyl (C=O) groups is 1. The molecule has 1 aliphatic heterocycles. The second-order valence-electron chi connectivity index (χ2n) is 6.72. The summed E-state index contributed by atoms with van der Waals surface area (Å²) in [5, 5.41) is 4.04. The van der Waals surface area contributed by atoms with Gasteiger partial charge in [-0.1, -0.05) is 0 Å². The number of nitrogens with zero attached hydrogens (tertiary/aromatic N) is 2. The second-order valence-corrected chi connectivity index (χ2v) is 6.72. The topological polar surface area (TPSA) is 61.0 Å². The van der Waals surface area contributed by atoms with Crippen LogP contribution >= 0.6 is 0 Å². The fourth-order valence-electron chi connectivity index (χ4n) is 3.23. The zero-order chi connectivity index (χ0) is 15.1. The van der Waals surface area contributed by atoms with E-state index in [-0.39, 0.29) is 11.8 Å². The maximum atomic E-state index is 11.8. The van der Waals surface area contributed by atoms with Crippen molar-refractivity contribution >= 4 is 22.6 Å². The Balaban J connectivity index is 1.54. The summed E-state index contributed by atoms with van der Waals surface area (Å²) >= 11 is 0. The molecule has 2 aromatic heterocycles. The van der Waals surface area contributed by atoms with Gasteiger partial charge in [-0.25, -0.2) is 4.98 Å². The standard InChI is InChI=1S/C17H22N4O/c1-21-6-4-11(5-7-21)14-8-13-10-18-16(9-15(13)19-14)20-17(22)12-2-3-12/h8-12,19H,2-7H2,1H3,(H,18,20,22). The molecule has 1 saturated carbocycles. The number of amides is 1. The van der Waals surface area contributed by atoms with Crippen LogP contribution in [0.5, 0.6) is 0 Å². The molecule has 116 valence electrons. The van der Waals surface area contributed by atoms with Crippen molar-refractivity contribution in [3.63, 3.8) is 0 Å². The van der Waals surface area contributed by atoms with Crippen molar-refractivity contribution in [3.05, 3.63) is 24.0 Å². The maximum absolute atomic E-state index is 11.8. The third-order valence-corrected chi connectivity index (χ3v) is 4.88. The minimum Gasteiger partial charge on any atom is -0.358 e. The number of aromatic nitrogens is 2. The van der Waals surface area contributed by atoms with Gasteiger partial charge >= 0.3 is 0 Å². The fraction of sp³-hybridized carbons (Fsp3) is 0.529. The summed E-state index contributed by atoms with van der Waals surface area (Å²) in [4.78, 5) is 22.1. The molecular formula is C17H22N4O. The normalized spacial score (nSPS) is 20.4. The summed E-state index contributed by atoms with van der Waals surface area (Å²) < 4.78 is 0. The Kier molecular flexibility index (Phi) is 3.37. The first-order valence-corrected chi connectivity index (χ1v) is 8.17. The molecule has 0 spiro atoms. The van der Waals surface area contributed by atoms with Crippen LogP contribution in [-0.4, -0.2) is 40.9 Å². The monoisotopic (exact) mass is 298 g/mol. The van der Waals surface area contributed by atoms with E-state index in [2.05, 4.69) is 33.3 Å². The van der Waals surface area contributed by atoms with Crippen LogP contribution in [0.2, 0.25) is 0 Å². The number of carbonyl (C=O) groups excluding carboxylic acids is 1. The highest BCUT2D eigenvalue weighted by atomic mass is 16.2. The lowest BCUT2D eigenvalue weighted by Crippen LogP contribution is -2.29. The number of rotatable bonds is 3. The van der Waals surface area contributed by atoms with Crippen LogP contribution in [-0.2, 0) is 4.79 Å². The van der Waals surface area contributed by atoms with Gasteiger partial charge in [-0.2, -0.15) is 0 Å². The van der Waals surface area contributed by atoms with E-state index in [0.717, 1.165) is 36.8 Å². The third-order valence-electron chi connectivity index (χ3n) is 4.88. The van der Waals surface area contributed by atoms with Crippen LogP contribution in [0.1, 0.15) is 37.3 Å². The van der Waals surface area contributed by atoms with Crippen LogP contribution in [0.15, 0.2) is 18.3 Å². The molecule has 0 radical (unpaired) electrons. The van der Waals surface area contributed by atoms with E-state index in [4.69, 9.17) is 0 Å². The summed E-state index contributed by atoms with van der Waals surface area (Å²) in [7, 11) is 2.18. The van der Waals surface area contributed by atoms with E-state index in [1.54, 1.807) is 0 Å². The average molecular weight is 298 g/mol. The van der Waals surface area contributed by atoms with Crippen molar-refractivity contribution in [1.82, 2.24) is 14.9 Å². The lowest BCUT2D eigenvalue weighted by atomic mass is 9.94. The SMILES string of the molecule is CN1CCC(c2cc3cnc(NC(=O)C4CC4)cc3[nH]2)CC1. The summed E-state index contributed by atoms with van der Waals surface area (Å²) in [5.41, 5.74) is 2.37. The van der Waals surface area contributed by atoms with Gasteiger partial charge in [-0.3, -0.25) is 4.79 Å². The molecule has 2 N–H and O–H groups in total. The molecule has 5 nitrogen and oxygen atoms in total. The van der Waals surface area contributed by atoms with Crippen LogP contribution in [0.3, 0.4) is 0 Å². The molecule has 4 rings (SSSR count). The van der Waals surface area contributed by atoms with Crippen LogP contribution in [0.4, 0.5) is 5.82 Å². The van der Waals surface area contributed by atoms with Crippen molar-refractivity contribution in [2.45, 2.75) is 31.6 Å². The van der Waals surface area contributed by atoms with E-state index < -0.39 is 0 Å². The van der Waals surface area contributed by atoms with Gasteiger partial charge in [-0.05, 0) is 51.9 Å². The van der Waals surface area contributed by atoms with Gasteiger partial charge in [0.2, 0.25) is 5.91 Å². The van der Waals surface area contributed by atoms with Gasteiger partial charge in [0.05, 0.1) is 5.52 Å². The lowest BCUT2D eigenvalue weighted by molar-refractivity contribution is -0.117. The van der Waals surface area contributed by atoms with Crippen LogP contribution in [0.25, 0.3) is 10.9 Å². The number of hydrogen-bond donors (Lipinski definition) is 2. The first kappa shape index (κ1) is 13.8. The average Bonchev–Trinajstić information content (AvgIpc) is 3.28. The predicted octanol–water partition coefficient (Wildman–Crippen LogP) is 2.72. The highest BCUT2D eigenvalue weighted by molar-refractivity contribution is 5.94. The molecule has 1 amide bonds. The minimum atomic E-state index is 0.106. The summed E-state index contributed by atoms with van der Waals surface area (Å²) in [5.74, 6) is 1.57. The number of likely N-dealkylation sites (tertiary alicyclic amines) is 1. The van der Waals surface area contributed by atoms with Crippen LogP contribution < -0.4 is 5.32 Å². The number of pyridine rings is 1. The molecule has 5 heteroatoms. The molecule has 2 fully saturated rings. The van der Waals surface area contributed by atoms with Gasteiger partial charge < -0.3 is 15.2 Å². The molecule has 22 heavy (non-hydrogen) atoms. The van der Waals surface area contributed by atoms with E-state index in [1.807, 2.05) is 12.3 Å². The fourth-order valence-corrected chi connectivity index (χ4v) is 3.23. The minimum absolute atomic E-state index is 0.106. The number of fused-ring (bicyclic) bond motifs is 1. The Morgan fingerprint density at radius 2 is 2.05 bits per heavy atom. The highest BCUT2D eigenvalue weighted by Gasteiger charge is 2.29. The Bertz CT molecular complexity index is 696. The summed E-state index contributed by atoms with van der Waals surface area (Å²) in [6.07, 6.45) is 6.27. The van der Waals surface area contributed by atoms with E-state index in [9.17, 15) is 4.79 Å². The number of H-pyrrole nitrogens is 1. The van der Waals surface area contributed by atoms with Crippen LogP contribution in [0, 0.1) is 5.92 Å². The van der Waals surface area contributed by atoms with Crippen molar-refractivity contribution in [2.24, 2.45) is 5.92 Å². The van der Waals surface area contributed by atoms with Gasteiger partial charge in [0, 0.05) is 35.2 Å². The third kappa shape index (κ3) is 2.73. The van der Waals surface area contributed by atoms with Gasteiger partial charge in [0.25, 0.3) is 0 Å². The molecule has 0 bridgehead atoms. The van der Waals surface area contributed by atoms with E-state index in [1.165, 1.54) is 18.5 Å².